The molecule has 1 heterocycles. The molecular formula is C15H28O4. The molecule has 0 bridgehead atoms. The van der Waals surface area contributed by atoms with Gasteiger partial charge in [0, 0.05) is 13.2 Å². The average molecular weight is 272 g/mol. The van der Waals surface area contributed by atoms with Crippen molar-refractivity contribution in [3.63, 3.8) is 0 Å². The number of rotatable bonds is 8. The summed E-state index contributed by atoms with van der Waals surface area (Å²) in [5.74, 6) is -0.0790. The van der Waals surface area contributed by atoms with Gasteiger partial charge in [0.1, 0.15) is 0 Å². The largest absolute Gasteiger partial charge is 0.463 e. The molecular weight excluding hydrogens is 244 g/mol. The maximum Gasteiger partial charge on any atom is 0.309 e. The molecule has 0 aliphatic carbocycles. The van der Waals surface area contributed by atoms with Gasteiger partial charge < -0.3 is 14.2 Å². The van der Waals surface area contributed by atoms with Crippen LogP contribution in [0.3, 0.4) is 0 Å². The zero-order chi connectivity index (χ0) is 14.1. The van der Waals surface area contributed by atoms with Crippen LogP contribution in [0.1, 0.15) is 59.3 Å². The Kier molecular flexibility index (Phi) is 8.07. The van der Waals surface area contributed by atoms with Gasteiger partial charge in [-0.3, -0.25) is 4.79 Å². The lowest BCUT2D eigenvalue weighted by atomic mass is 10.0. The molecule has 2 unspecified atom stereocenters. The number of carbonyl (C=O) groups excluding carboxylic acids is 1. The normalized spacial score (nSPS) is 21.4. The number of esters is 1. The minimum absolute atomic E-state index is 0.00160. The second-order valence-electron chi connectivity index (χ2n) is 5.40. The zero-order valence-electron chi connectivity index (χ0n) is 12.5. The lowest BCUT2D eigenvalue weighted by Crippen LogP contribution is -2.24. The van der Waals surface area contributed by atoms with E-state index in [1.807, 2.05) is 20.8 Å². The SMILES string of the molecule is CCC(CCCOC1CCCCO1)C(=O)OC(C)C. The van der Waals surface area contributed by atoms with E-state index in [4.69, 9.17) is 14.2 Å². The van der Waals surface area contributed by atoms with Crippen molar-refractivity contribution in [2.45, 2.75) is 71.7 Å². The first-order valence-corrected chi connectivity index (χ1v) is 7.57. The maximum absolute atomic E-state index is 11.8. The van der Waals surface area contributed by atoms with Crippen LogP contribution in [0.4, 0.5) is 0 Å². The van der Waals surface area contributed by atoms with Crippen molar-refractivity contribution in [2.24, 2.45) is 5.92 Å². The molecule has 1 aliphatic heterocycles. The molecule has 0 saturated carbocycles. The Morgan fingerprint density at radius 3 is 2.74 bits per heavy atom. The first kappa shape index (κ1) is 16.4. The number of ether oxygens (including phenoxy) is 3. The summed E-state index contributed by atoms with van der Waals surface area (Å²) < 4.78 is 16.4. The molecule has 0 N–H and O–H groups in total. The van der Waals surface area contributed by atoms with E-state index in [1.165, 1.54) is 6.42 Å². The average Bonchev–Trinajstić information content (AvgIpc) is 2.39. The first-order valence-electron chi connectivity index (χ1n) is 7.57. The van der Waals surface area contributed by atoms with E-state index < -0.39 is 0 Å². The fraction of sp³-hybridized carbons (Fsp3) is 0.933. The lowest BCUT2D eigenvalue weighted by molar-refractivity contribution is -0.164. The number of carbonyl (C=O) groups is 1. The Balaban J connectivity index is 2.13. The van der Waals surface area contributed by atoms with Crippen molar-refractivity contribution in [1.82, 2.24) is 0 Å². The second-order valence-corrected chi connectivity index (χ2v) is 5.40. The molecule has 112 valence electrons. The molecule has 0 amide bonds. The van der Waals surface area contributed by atoms with Crippen molar-refractivity contribution in [3.05, 3.63) is 0 Å². The molecule has 4 nitrogen and oxygen atoms in total. The summed E-state index contributed by atoms with van der Waals surface area (Å²) >= 11 is 0. The summed E-state index contributed by atoms with van der Waals surface area (Å²) in [7, 11) is 0. The van der Waals surface area contributed by atoms with Gasteiger partial charge in [0.25, 0.3) is 0 Å². The van der Waals surface area contributed by atoms with E-state index >= 15 is 0 Å². The maximum atomic E-state index is 11.8. The third kappa shape index (κ3) is 6.92. The van der Waals surface area contributed by atoms with Crippen LogP contribution < -0.4 is 0 Å². The van der Waals surface area contributed by atoms with Gasteiger partial charge in [0.2, 0.25) is 0 Å². The predicted octanol–water partition coefficient (Wildman–Crippen LogP) is 3.29. The van der Waals surface area contributed by atoms with E-state index in [-0.39, 0.29) is 24.3 Å². The smallest absolute Gasteiger partial charge is 0.309 e. The summed E-state index contributed by atoms with van der Waals surface area (Å²) in [6, 6.07) is 0. The molecule has 1 aliphatic rings. The van der Waals surface area contributed by atoms with Gasteiger partial charge in [-0.05, 0) is 52.4 Å². The summed E-state index contributed by atoms with van der Waals surface area (Å²) in [4.78, 5) is 11.8. The Hall–Kier alpha value is -0.610. The molecule has 19 heavy (non-hydrogen) atoms. The van der Waals surface area contributed by atoms with Gasteiger partial charge in [-0.15, -0.1) is 0 Å². The number of hydrogen-bond donors (Lipinski definition) is 0. The lowest BCUT2D eigenvalue weighted by Gasteiger charge is -2.23. The first-order chi connectivity index (χ1) is 9.13. The van der Waals surface area contributed by atoms with Crippen LogP contribution in [0.5, 0.6) is 0 Å². The fourth-order valence-electron chi connectivity index (χ4n) is 2.20. The zero-order valence-corrected chi connectivity index (χ0v) is 12.5. The molecule has 0 radical (unpaired) electrons. The molecule has 1 saturated heterocycles. The van der Waals surface area contributed by atoms with Crippen LogP contribution in [0.2, 0.25) is 0 Å². The summed E-state index contributed by atoms with van der Waals surface area (Å²) in [6.45, 7) is 7.26. The highest BCUT2D eigenvalue weighted by Gasteiger charge is 2.19. The van der Waals surface area contributed by atoms with E-state index in [2.05, 4.69) is 0 Å². The Morgan fingerprint density at radius 1 is 1.37 bits per heavy atom. The predicted molar refractivity (Wildman–Crippen MR) is 73.8 cm³/mol. The molecule has 1 fully saturated rings. The van der Waals surface area contributed by atoms with Gasteiger partial charge in [0.15, 0.2) is 6.29 Å². The summed E-state index contributed by atoms with van der Waals surface area (Å²) in [6.07, 6.45) is 5.78. The monoisotopic (exact) mass is 272 g/mol. The van der Waals surface area contributed by atoms with Gasteiger partial charge in [-0.2, -0.15) is 0 Å². The molecule has 0 aromatic rings. The van der Waals surface area contributed by atoms with Crippen LogP contribution >= 0.6 is 0 Å². The molecule has 1 rings (SSSR count). The standard InChI is InChI=1S/C15H28O4/c1-4-13(15(16)19-12(2)3)8-7-11-18-14-9-5-6-10-17-14/h12-14H,4-11H2,1-3H3. The summed E-state index contributed by atoms with van der Waals surface area (Å²) in [5.41, 5.74) is 0. The van der Waals surface area contributed by atoms with Crippen LogP contribution in [-0.4, -0.2) is 31.6 Å². The van der Waals surface area contributed by atoms with E-state index in [1.54, 1.807) is 0 Å². The van der Waals surface area contributed by atoms with E-state index in [9.17, 15) is 4.79 Å². The molecule has 4 heteroatoms. The molecule has 0 aromatic heterocycles. The quantitative estimate of drug-likeness (QED) is 0.502. The topological polar surface area (TPSA) is 44.8 Å². The van der Waals surface area contributed by atoms with Crippen LogP contribution in [0.25, 0.3) is 0 Å². The van der Waals surface area contributed by atoms with E-state index in [0.717, 1.165) is 38.7 Å². The third-order valence-corrected chi connectivity index (χ3v) is 3.32. The molecule has 0 spiro atoms. The van der Waals surface area contributed by atoms with Gasteiger partial charge in [-0.1, -0.05) is 6.92 Å². The van der Waals surface area contributed by atoms with Crippen molar-refractivity contribution in [3.8, 4) is 0 Å². The number of hydrogen-bond acceptors (Lipinski definition) is 4. The van der Waals surface area contributed by atoms with Crippen molar-refractivity contribution >= 4 is 5.97 Å². The summed E-state index contributed by atoms with van der Waals surface area (Å²) in [5, 5.41) is 0. The highest BCUT2D eigenvalue weighted by Crippen LogP contribution is 2.17. The molecule has 2 atom stereocenters. The highest BCUT2D eigenvalue weighted by atomic mass is 16.7. The highest BCUT2D eigenvalue weighted by molar-refractivity contribution is 5.72. The van der Waals surface area contributed by atoms with Gasteiger partial charge >= 0.3 is 5.97 Å². The second kappa shape index (κ2) is 9.32. The minimum atomic E-state index is -0.0774. The van der Waals surface area contributed by atoms with Crippen molar-refractivity contribution in [1.29, 1.82) is 0 Å². The van der Waals surface area contributed by atoms with E-state index in [0.29, 0.717) is 6.61 Å². The van der Waals surface area contributed by atoms with Crippen LogP contribution in [0, 0.1) is 5.92 Å². The Bertz CT molecular complexity index is 247. The van der Waals surface area contributed by atoms with Gasteiger partial charge in [0.05, 0.1) is 12.0 Å². The van der Waals surface area contributed by atoms with Gasteiger partial charge in [-0.25, -0.2) is 0 Å². The van der Waals surface area contributed by atoms with Crippen LogP contribution in [-0.2, 0) is 19.0 Å². The Morgan fingerprint density at radius 2 is 2.16 bits per heavy atom. The third-order valence-electron chi connectivity index (χ3n) is 3.32. The fourth-order valence-corrected chi connectivity index (χ4v) is 2.20. The van der Waals surface area contributed by atoms with Crippen molar-refractivity contribution < 1.29 is 19.0 Å². The molecule has 0 aromatic carbocycles. The van der Waals surface area contributed by atoms with Crippen molar-refractivity contribution in [2.75, 3.05) is 13.2 Å². The minimum Gasteiger partial charge on any atom is -0.463 e. The van der Waals surface area contributed by atoms with Crippen LogP contribution in [0.15, 0.2) is 0 Å². The Labute approximate surface area is 116 Å².